The quantitative estimate of drug-likeness (QED) is 0.500. The van der Waals surface area contributed by atoms with Crippen LogP contribution in [0.5, 0.6) is 0 Å². The van der Waals surface area contributed by atoms with Crippen molar-refractivity contribution < 1.29 is 14.5 Å². The molecule has 2 amide bonds. The van der Waals surface area contributed by atoms with Crippen LogP contribution in [-0.4, -0.2) is 36.2 Å². The first-order chi connectivity index (χ1) is 10.5. The molecule has 116 valence electrons. The van der Waals surface area contributed by atoms with Crippen molar-refractivity contribution in [2.45, 2.75) is 6.92 Å². The summed E-state index contributed by atoms with van der Waals surface area (Å²) in [5, 5.41) is 16.9. The first kappa shape index (κ1) is 15.6. The molecule has 1 aromatic heterocycles. The number of fused-ring (bicyclic) bond motifs is 1. The van der Waals surface area contributed by atoms with Gasteiger partial charge < -0.3 is 15.4 Å². The van der Waals surface area contributed by atoms with Crippen molar-refractivity contribution in [3.63, 3.8) is 0 Å². The Morgan fingerprint density at radius 2 is 2.23 bits per heavy atom. The van der Waals surface area contributed by atoms with E-state index in [1.807, 2.05) is 0 Å². The highest BCUT2D eigenvalue weighted by Gasteiger charge is 2.17. The van der Waals surface area contributed by atoms with Gasteiger partial charge in [0.25, 0.3) is 5.69 Å². The first-order valence-electron chi connectivity index (χ1n) is 6.61. The van der Waals surface area contributed by atoms with E-state index in [9.17, 15) is 14.9 Å². The Balaban J connectivity index is 2.36. The third-order valence-corrected chi connectivity index (χ3v) is 3.09. The van der Waals surface area contributed by atoms with Crippen LogP contribution in [0, 0.1) is 17.0 Å². The minimum Gasteiger partial charge on any atom is -0.383 e. The molecule has 0 bridgehead atoms. The number of para-hydroxylation sites is 1. The van der Waals surface area contributed by atoms with Gasteiger partial charge in [-0.1, -0.05) is 12.1 Å². The highest BCUT2D eigenvalue weighted by molar-refractivity contribution is 6.03. The summed E-state index contributed by atoms with van der Waals surface area (Å²) in [6.45, 7) is 2.54. The molecule has 0 fully saturated rings. The average Bonchev–Trinajstić information content (AvgIpc) is 2.49. The predicted octanol–water partition coefficient (Wildman–Crippen LogP) is 2.22. The molecule has 2 rings (SSSR count). The molecule has 1 heterocycles. The molecule has 0 aliphatic rings. The fourth-order valence-corrected chi connectivity index (χ4v) is 2.04. The molecule has 0 saturated heterocycles. The number of hydrogen-bond donors (Lipinski definition) is 2. The van der Waals surface area contributed by atoms with Gasteiger partial charge >= 0.3 is 6.03 Å². The molecule has 8 nitrogen and oxygen atoms in total. The van der Waals surface area contributed by atoms with Gasteiger partial charge in [-0.25, -0.2) is 9.78 Å². The van der Waals surface area contributed by atoms with E-state index in [0.29, 0.717) is 24.2 Å². The number of methoxy groups -OCH3 is 1. The number of nitro groups is 1. The van der Waals surface area contributed by atoms with Crippen LogP contribution in [0.2, 0.25) is 0 Å². The van der Waals surface area contributed by atoms with E-state index in [0.717, 1.165) is 5.56 Å². The lowest BCUT2D eigenvalue weighted by Gasteiger charge is -2.12. The maximum atomic E-state index is 11.9. The number of aromatic nitrogens is 1. The second-order valence-electron chi connectivity index (χ2n) is 4.62. The van der Waals surface area contributed by atoms with Crippen LogP contribution < -0.4 is 10.6 Å². The largest absolute Gasteiger partial charge is 0.383 e. The second-order valence-corrected chi connectivity index (χ2v) is 4.62. The number of nitrogens with one attached hydrogen (secondary N) is 2. The predicted molar refractivity (Wildman–Crippen MR) is 82.0 cm³/mol. The Morgan fingerprint density at radius 3 is 2.91 bits per heavy atom. The van der Waals surface area contributed by atoms with Crippen LogP contribution >= 0.6 is 0 Å². The Kier molecular flexibility index (Phi) is 4.84. The van der Waals surface area contributed by atoms with E-state index in [-0.39, 0.29) is 11.2 Å². The zero-order chi connectivity index (χ0) is 16.1. The van der Waals surface area contributed by atoms with E-state index in [1.54, 1.807) is 26.2 Å². The number of anilines is 1. The lowest BCUT2D eigenvalue weighted by atomic mass is 10.1. The summed E-state index contributed by atoms with van der Waals surface area (Å²) >= 11 is 0. The van der Waals surface area contributed by atoms with Gasteiger partial charge in [0.2, 0.25) is 0 Å². The highest BCUT2D eigenvalue weighted by atomic mass is 16.6. The summed E-state index contributed by atoms with van der Waals surface area (Å²) in [5.41, 5.74) is 1.36. The molecule has 0 unspecified atom stereocenters. The number of pyridine rings is 1. The second kappa shape index (κ2) is 6.81. The number of non-ortho nitro benzene ring substituents is 1. The number of hydrogen-bond acceptors (Lipinski definition) is 5. The van der Waals surface area contributed by atoms with Crippen LogP contribution in [0.15, 0.2) is 24.4 Å². The van der Waals surface area contributed by atoms with Crippen LogP contribution in [0.25, 0.3) is 10.9 Å². The lowest BCUT2D eigenvalue weighted by molar-refractivity contribution is -0.383. The number of rotatable bonds is 5. The zero-order valence-corrected chi connectivity index (χ0v) is 12.3. The summed E-state index contributed by atoms with van der Waals surface area (Å²) in [4.78, 5) is 26.5. The first-order valence-corrected chi connectivity index (χ1v) is 6.61. The smallest absolute Gasteiger partial charge is 0.319 e. The highest BCUT2D eigenvalue weighted by Crippen LogP contribution is 2.30. The van der Waals surface area contributed by atoms with Crippen LogP contribution in [-0.2, 0) is 4.74 Å². The van der Waals surface area contributed by atoms with Gasteiger partial charge in [0.15, 0.2) is 0 Å². The van der Waals surface area contributed by atoms with Gasteiger partial charge in [-0.2, -0.15) is 0 Å². The summed E-state index contributed by atoms with van der Waals surface area (Å²) in [6.07, 6.45) is 1.50. The Labute approximate surface area is 126 Å². The number of nitro benzene ring substituents is 1. The molecule has 0 atom stereocenters. The number of benzene rings is 1. The Morgan fingerprint density at radius 1 is 1.45 bits per heavy atom. The number of amides is 2. The van der Waals surface area contributed by atoms with Gasteiger partial charge in [0.1, 0.15) is 5.52 Å². The Hall–Kier alpha value is -2.74. The number of urea groups is 1. The Bertz CT molecular complexity index is 717. The molecule has 0 aliphatic carbocycles. The fraction of sp³-hybridized carbons (Fsp3) is 0.286. The summed E-state index contributed by atoms with van der Waals surface area (Å²) in [5.74, 6) is 0. The van der Waals surface area contributed by atoms with Gasteiger partial charge in [-0.15, -0.1) is 0 Å². The summed E-state index contributed by atoms with van der Waals surface area (Å²) < 4.78 is 4.85. The molecule has 0 radical (unpaired) electrons. The molecule has 8 heteroatoms. The molecule has 0 saturated carbocycles. The minimum absolute atomic E-state index is 0.0969. The van der Waals surface area contributed by atoms with E-state index in [2.05, 4.69) is 15.6 Å². The van der Waals surface area contributed by atoms with Crippen molar-refractivity contribution in [2.75, 3.05) is 25.6 Å². The molecular weight excluding hydrogens is 288 g/mol. The monoisotopic (exact) mass is 304 g/mol. The molecule has 0 aliphatic heterocycles. The van der Waals surface area contributed by atoms with Crippen LogP contribution in [0.1, 0.15) is 5.56 Å². The average molecular weight is 304 g/mol. The number of nitrogens with zero attached hydrogens (tertiary/aromatic N) is 2. The summed E-state index contributed by atoms with van der Waals surface area (Å²) in [6, 6.07) is 4.23. The topological polar surface area (TPSA) is 106 Å². The molecule has 2 N–H and O–H groups in total. The molecular formula is C14H16N4O4. The number of aryl methyl sites for hydroxylation is 1. The summed E-state index contributed by atoms with van der Waals surface area (Å²) in [7, 11) is 1.54. The van der Waals surface area contributed by atoms with Crippen molar-refractivity contribution in [2.24, 2.45) is 0 Å². The number of carbonyl (C=O) groups is 1. The molecule has 22 heavy (non-hydrogen) atoms. The minimum atomic E-state index is -0.493. The molecule has 0 spiro atoms. The fourth-order valence-electron chi connectivity index (χ4n) is 2.04. The SMILES string of the molecule is COCCNC(=O)Nc1c(C)cnc2c([N+](=O)[O-])cccc12. The van der Waals surface area contributed by atoms with Crippen molar-refractivity contribution in [1.29, 1.82) is 0 Å². The number of ether oxygens (including phenoxy) is 1. The van der Waals surface area contributed by atoms with Gasteiger partial charge in [0.05, 0.1) is 17.2 Å². The molecule has 2 aromatic rings. The normalized spacial score (nSPS) is 10.5. The van der Waals surface area contributed by atoms with Crippen LogP contribution in [0.3, 0.4) is 0 Å². The van der Waals surface area contributed by atoms with E-state index < -0.39 is 11.0 Å². The zero-order valence-electron chi connectivity index (χ0n) is 12.3. The lowest BCUT2D eigenvalue weighted by Crippen LogP contribution is -2.31. The maximum Gasteiger partial charge on any atom is 0.319 e. The van der Waals surface area contributed by atoms with E-state index >= 15 is 0 Å². The van der Waals surface area contributed by atoms with E-state index in [4.69, 9.17) is 4.74 Å². The molecule has 1 aromatic carbocycles. The van der Waals surface area contributed by atoms with Crippen molar-refractivity contribution in [3.05, 3.63) is 40.1 Å². The third kappa shape index (κ3) is 3.29. The maximum absolute atomic E-state index is 11.9. The van der Waals surface area contributed by atoms with Gasteiger partial charge in [-0.05, 0) is 12.5 Å². The van der Waals surface area contributed by atoms with Crippen molar-refractivity contribution >= 4 is 28.3 Å². The van der Waals surface area contributed by atoms with Crippen molar-refractivity contribution in [1.82, 2.24) is 10.3 Å². The van der Waals surface area contributed by atoms with Crippen molar-refractivity contribution in [3.8, 4) is 0 Å². The third-order valence-electron chi connectivity index (χ3n) is 3.09. The van der Waals surface area contributed by atoms with Crippen LogP contribution in [0.4, 0.5) is 16.2 Å². The standard InChI is InChI=1S/C14H16N4O4/c1-9-8-16-13-10(4-3-5-11(13)18(20)21)12(9)17-14(19)15-6-7-22-2/h3-5,8H,6-7H2,1-2H3,(H2,15,16,17,19). The van der Waals surface area contributed by atoms with Gasteiger partial charge in [-0.3, -0.25) is 10.1 Å². The number of carbonyl (C=O) groups excluding carboxylic acids is 1. The van der Waals surface area contributed by atoms with E-state index in [1.165, 1.54) is 12.3 Å². The van der Waals surface area contributed by atoms with Gasteiger partial charge in [0, 0.05) is 31.3 Å².